The van der Waals surface area contributed by atoms with Gasteiger partial charge in [-0.05, 0) is 43.2 Å². The molecule has 0 saturated carbocycles. The van der Waals surface area contributed by atoms with E-state index in [-0.39, 0.29) is 17.8 Å². The standard InChI is InChI=1S/C17H17FN2O2S/c18-13-5-3-12(4-6-13)17-20-14(11-23-17)7-8-16(21)19-10-15-2-1-9-22-15/h3-8,11,15H,1-2,9-10H2,(H,19,21). The fraction of sp³-hybridized carbons (Fsp3) is 0.294. The number of hydrogen-bond acceptors (Lipinski definition) is 4. The van der Waals surface area contributed by atoms with Crippen LogP contribution >= 0.6 is 11.3 Å². The second kappa shape index (κ2) is 7.48. The maximum absolute atomic E-state index is 12.9. The molecule has 6 heteroatoms. The smallest absolute Gasteiger partial charge is 0.244 e. The number of carbonyl (C=O) groups excluding carboxylic acids is 1. The van der Waals surface area contributed by atoms with E-state index in [1.165, 1.54) is 29.5 Å². The third-order valence-corrected chi connectivity index (χ3v) is 4.46. The molecule has 2 heterocycles. The zero-order valence-electron chi connectivity index (χ0n) is 12.5. The Kier molecular flexibility index (Phi) is 5.15. The lowest BCUT2D eigenvalue weighted by atomic mass is 10.2. The van der Waals surface area contributed by atoms with Crippen LogP contribution in [0.1, 0.15) is 18.5 Å². The van der Waals surface area contributed by atoms with E-state index < -0.39 is 0 Å². The summed E-state index contributed by atoms with van der Waals surface area (Å²) in [7, 11) is 0. The van der Waals surface area contributed by atoms with Gasteiger partial charge in [0.1, 0.15) is 10.8 Å². The first-order valence-corrected chi connectivity index (χ1v) is 8.37. The number of aromatic nitrogens is 1. The molecule has 1 amide bonds. The van der Waals surface area contributed by atoms with Gasteiger partial charge in [-0.15, -0.1) is 11.3 Å². The Balaban J connectivity index is 1.55. The summed E-state index contributed by atoms with van der Waals surface area (Å²) in [4.78, 5) is 16.2. The Morgan fingerprint density at radius 2 is 2.26 bits per heavy atom. The van der Waals surface area contributed by atoms with E-state index in [2.05, 4.69) is 10.3 Å². The van der Waals surface area contributed by atoms with Crippen LogP contribution < -0.4 is 5.32 Å². The highest BCUT2D eigenvalue weighted by Gasteiger charge is 2.15. The first-order chi connectivity index (χ1) is 11.2. The summed E-state index contributed by atoms with van der Waals surface area (Å²) in [5, 5.41) is 5.48. The molecule has 3 rings (SSSR count). The van der Waals surface area contributed by atoms with Gasteiger partial charge in [-0.2, -0.15) is 0 Å². The molecule has 1 unspecified atom stereocenters. The number of benzene rings is 1. The second-order valence-corrected chi connectivity index (χ2v) is 6.16. The number of rotatable bonds is 5. The minimum atomic E-state index is -0.270. The molecule has 2 aromatic rings. The Labute approximate surface area is 138 Å². The Morgan fingerprint density at radius 3 is 3.00 bits per heavy atom. The highest BCUT2D eigenvalue weighted by molar-refractivity contribution is 7.13. The van der Waals surface area contributed by atoms with Crippen molar-refractivity contribution < 1.29 is 13.9 Å². The average Bonchev–Trinajstić information content (AvgIpc) is 3.23. The van der Waals surface area contributed by atoms with Crippen LogP contribution in [0, 0.1) is 5.82 Å². The Morgan fingerprint density at radius 1 is 1.43 bits per heavy atom. The average molecular weight is 332 g/mol. The van der Waals surface area contributed by atoms with Crippen molar-refractivity contribution in [3.05, 3.63) is 47.2 Å². The maximum Gasteiger partial charge on any atom is 0.244 e. The molecule has 23 heavy (non-hydrogen) atoms. The summed E-state index contributed by atoms with van der Waals surface area (Å²) in [5.41, 5.74) is 1.57. The van der Waals surface area contributed by atoms with Gasteiger partial charge in [-0.25, -0.2) is 9.37 Å². The van der Waals surface area contributed by atoms with E-state index in [9.17, 15) is 9.18 Å². The molecule has 1 aliphatic rings. The van der Waals surface area contributed by atoms with Crippen molar-refractivity contribution in [1.29, 1.82) is 0 Å². The molecular formula is C17H17FN2O2S. The minimum Gasteiger partial charge on any atom is -0.376 e. The van der Waals surface area contributed by atoms with Gasteiger partial charge < -0.3 is 10.1 Å². The normalized spacial score (nSPS) is 17.7. The number of amides is 1. The van der Waals surface area contributed by atoms with Crippen molar-refractivity contribution in [1.82, 2.24) is 10.3 Å². The molecule has 1 aromatic carbocycles. The molecule has 0 radical (unpaired) electrons. The van der Waals surface area contributed by atoms with E-state index in [0.29, 0.717) is 12.2 Å². The van der Waals surface area contributed by atoms with Crippen LogP contribution in [0.15, 0.2) is 35.7 Å². The van der Waals surface area contributed by atoms with Crippen molar-refractivity contribution >= 4 is 23.3 Å². The van der Waals surface area contributed by atoms with Crippen molar-refractivity contribution in [3.63, 3.8) is 0 Å². The molecular weight excluding hydrogens is 315 g/mol. The van der Waals surface area contributed by atoms with Crippen molar-refractivity contribution in [2.45, 2.75) is 18.9 Å². The van der Waals surface area contributed by atoms with E-state index in [1.54, 1.807) is 18.2 Å². The predicted molar refractivity (Wildman–Crippen MR) is 88.5 cm³/mol. The van der Waals surface area contributed by atoms with Crippen LogP contribution in [0.5, 0.6) is 0 Å². The molecule has 120 valence electrons. The number of thiazole rings is 1. The van der Waals surface area contributed by atoms with Gasteiger partial charge in [0.2, 0.25) is 5.91 Å². The van der Waals surface area contributed by atoms with Gasteiger partial charge >= 0.3 is 0 Å². The molecule has 1 saturated heterocycles. The fourth-order valence-corrected chi connectivity index (χ4v) is 3.12. The SMILES string of the molecule is O=C(C=Cc1csc(-c2ccc(F)cc2)n1)NCC1CCCO1. The summed E-state index contributed by atoms with van der Waals surface area (Å²) in [6.45, 7) is 1.32. The minimum absolute atomic E-state index is 0.136. The van der Waals surface area contributed by atoms with Crippen molar-refractivity contribution in [2.24, 2.45) is 0 Å². The van der Waals surface area contributed by atoms with Crippen molar-refractivity contribution in [3.8, 4) is 10.6 Å². The zero-order chi connectivity index (χ0) is 16.1. The molecule has 4 nitrogen and oxygen atoms in total. The summed E-state index contributed by atoms with van der Waals surface area (Å²) in [6, 6.07) is 6.20. The molecule has 1 aromatic heterocycles. The Hall–Kier alpha value is -2.05. The summed E-state index contributed by atoms with van der Waals surface area (Å²) >= 11 is 1.46. The van der Waals surface area contributed by atoms with Crippen LogP contribution in [0.4, 0.5) is 4.39 Å². The van der Waals surface area contributed by atoms with Gasteiger partial charge in [0, 0.05) is 30.2 Å². The highest BCUT2D eigenvalue weighted by atomic mass is 32.1. The third-order valence-electron chi connectivity index (χ3n) is 3.55. The van der Waals surface area contributed by atoms with Crippen LogP contribution in [0.25, 0.3) is 16.6 Å². The lowest BCUT2D eigenvalue weighted by molar-refractivity contribution is -0.116. The largest absolute Gasteiger partial charge is 0.376 e. The number of nitrogens with zero attached hydrogens (tertiary/aromatic N) is 1. The van der Waals surface area contributed by atoms with Gasteiger partial charge in [0.15, 0.2) is 0 Å². The van der Waals surface area contributed by atoms with Crippen LogP contribution in [-0.4, -0.2) is 30.1 Å². The van der Waals surface area contributed by atoms with Crippen molar-refractivity contribution in [2.75, 3.05) is 13.2 Å². The highest BCUT2D eigenvalue weighted by Crippen LogP contribution is 2.24. The Bertz CT molecular complexity index is 691. The quantitative estimate of drug-likeness (QED) is 0.855. The first-order valence-electron chi connectivity index (χ1n) is 7.50. The second-order valence-electron chi connectivity index (χ2n) is 5.30. The molecule has 1 atom stereocenters. The van der Waals surface area contributed by atoms with Gasteiger partial charge in [0.05, 0.1) is 11.8 Å². The molecule has 0 aliphatic carbocycles. The van der Waals surface area contributed by atoms with Gasteiger partial charge in [0.25, 0.3) is 0 Å². The summed E-state index contributed by atoms with van der Waals surface area (Å²) in [5.74, 6) is -0.426. The van der Waals surface area contributed by atoms with Gasteiger partial charge in [-0.1, -0.05) is 0 Å². The summed E-state index contributed by atoms with van der Waals surface area (Å²) < 4.78 is 18.4. The fourth-order valence-electron chi connectivity index (χ4n) is 2.33. The van der Waals surface area contributed by atoms with Crippen LogP contribution in [0.2, 0.25) is 0 Å². The van der Waals surface area contributed by atoms with Gasteiger partial charge in [-0.3, -0.25) is 4.79 Å². The molecule has 0 spiro atoms. The van der Waals surface area contributed by atoms with Crippen LogP contribution in [-0.2, 0) is 9.53 Å². The molecule has 1 aliphatic heterocycles. The number of halogens is 1. The third kappa shape index (κ3) is 4.46. The maximum atomic E-state index is 12.9. The van der Waals surface area contributed by atoms with E-state index in [0.717, 1.165) is 30.0 Å². The lowest BCUT2D eigenvalue weighted by Crippen LogP contribution is -2.30. The van der Waals surface area contributed by atoms with Crippen LogP contribution in [0.3, 0.4) is 0 Å². The first kappa shape index (κ1) is 15.8. The van der Waals surface area contributed by atoms with E-state index in [1.807, 2.05) is 5.38 Å². The zero-order valence-corrected chi connectivity index (χ0v) is 13.3. The number of hydrogen-bond donors (Lipinski definition) is 1. The summed E-state index contributed by atoms with van der Waals surface area (Å²) in [6.07, 6.45) is 5.34. The van der Waals surface area contributed by atoms with E-state index in [4.69, 9.17) is 4.74 Å². The predicted octanol–water partition coefficient (Wildman–Crippen LogP) is 3.26. The van der Waals surface area contributed by atoms with E-state index >= 15 is 0 Å². The molecule has 1 fully saturated rings. The number of carbonyl (C=O) groups is 1. The lowest BCUT2D eigenvalue weighted by Gasteiger charge is -2.08. The number of nitrogens with one attached hydrogen (secondary N) is 1. The number of ether oxygens (including phenoxy) is 1. The molecule has 0 bridgehead atoms. The molecule has 1 N–H and O–H groups in total. The monoisotopic (exact) mass is 332 g/mol. The topological polar surface area (TPSA) is 51.2 Å².